The minimum atomic E-state index is 0. The van der Waals surface area contributed by atoms with E-state index in [4.69, 9.17) is 4.74 Å². The molecule has 1 fully saturated rings. The molecule has 14 heavy (non-hydrogen) atoms. The Bertz CT molecular complexity index is 111. The van der Waals surface area contributed by atoms with Gasteiger partial charge < -0.3 is 10.2 Å². The number of unbranched alkanes of at least 4 members (excludes halogenated alkanes) is 7. The highest BCUT2D eigenvalue weighted by Crippen LogP contribution is 2.18. The normalized spacial score (nSPS) is 19.1. The van der Waals surface area contributed by atoms with Gasteiger partial charge >= 0.3 is 0 Å². The van der Waals surface area contributed by atoms with Crippen LogP contribution in [0.3, 0.4) is 0 Å². The maximum absolute atomic E-state index is 5.17. The second-order valence-corrected chi connectivity index (χ2v) is 4.22. The zero-order valence-electron chi connectivity index (χ0n) is 9.56. The van der Waals surface area contributed by atoms with E-state index in [1.165, 1.54) is 57.8 Å². The van der Waals surface area contributed by atoms with E-state index < -0.39 is 0 Å². The lowest BCUT2D eigenvalue weighted by Gasteiger charge is -1.99. The van der Waals surface area contributed by atoms with E-state index in [-0.39, 0.29) is 5.48 Å². The number of epoxide rings is 1. The lowest BCUT2D eigenvalue weighted by molar-refractivity contribution is 0.387. The topological polar surface area (TPSA) is 44.0 Å². The molecule has 2 N–H and O–H groups in total. The molecule has 0 aromatic heterocycles. The molecule has 1 saturated heterocycles. The van der Waals surface area contributed by atoms with Crippen LogP contribution >= 0.6 is 0 Å². The van der Waals surface area contributed by atoms with Gasteiger partial charge in [-0.3, -0.25) is 0 Å². The second kappa shape index (κ2) is 9.47. The van der Waals surface area contributed by atoms with Gasteiger partial charge in [-0.15, -0.1) is 0 Å². The molecule has 0 amide bonds. The Morgan fingerprint density at radius 3 is 1.93 bits per heavy atom. The third kappa shape index (κ3) is 8.52. The number of ether oxygens (including phenoxy) is 1. The highest BCUT2D eigenvalue weighted by molar-refractivity contribution is 4.68. The predicted molar refractivity (Wildman–Crippen MR) is 60.6 cm³/mol. The number of hydrogen-bond acceptors (Lipinski definition) is 1. The average Bonchev–Trinajstić information content (AvgIpc) is 2.93. The van der Waals surface area contributed by atoms with Crippen molar-refractivity contribution >= 4 is 0 Å². The van der Waals surface area contributed by atoms with Crippen molar-refractivity contribution in [2.24, 2.45) is 0 Å². The van der Waals surface area contributed by atoms with Crippen molar-refractivity contribution in [3.63, 3.8) is 0 Å². The van der Waals surface area contributed by atoms with Crippen molar-refractivity contribution < 1.29 is 10.2 Å². The highest BCUT2D eigenvalue weighted by atomic mass is 16.6. The van der Waals surface area contributed by atoms with Gasteiger partial charge in [0, 0.05) is 0 Å². The SMILES string of the molecule is CCCCCCCCCCC1CO1.O. The Morgan fingerprint density at radius 1 is 0.929 bits per heavy atom. The molecular weight excluding hydrogens is 176 g/mol. The minimum absolute atomic E-state index is 0. The average molecular weight is 202 g/mol. The molecule has 0 aliphatic carbocycles. The van der Waals surface area contributed by atoms with Crippen LogP contribution in [0, 0.1) is 0 Å². The molecule has 86 valence electrons. The van der Waals surface area contributed by atoms with Crippen molar-refractivity contribution in [2.45, 2.75) is 70.8 Å². The smallest absolute Gasteiger partial charge is 0.0810 e. The fourth-order valence-corrected chi connectivity index (χ4v) is 1.74. The van der Waals surface area contributed by atoms with Gasteiger partial charge in [-0.1, -0.05) is 58.3 Å². The molecule has 2 heteroatoms. The fraction of sp³-hybridized carbons (Fsp3) is 1.00. The van der Waals surface area contributed by atoms with E-state index in [9.17, 15) is 0 Å². The standard InChI is InChI=1S/C12H24O.H2O/c1-2-3-4-5-6-7-8-9-10-12-11-13-12;/h12H,2-11H2,1H3;1H2. The van der Waals surface area contributed by atoms with Gasteiger partial charge in [-0.25, -0.2) is 0 Å². The van der Waals surface area contributed by atoms with E-state index in [1.807, 2.05) is 0 Å². The maximum Gasteiger partial charge on any atom is 0.0810 e. The van der Waals surface area contributed by atoms with E-state index in [2.05, 4.69) is 6.92 Å². The summed E-state index contributed by atoms with van der Waals surface area (Å²) in [6.07, 6.45) is 13.4. The van der Waals surface area contributed by atoms with Gasteiger partial charge in [0.05, 0.1) is 12.7 Å². The van der Waals surface area contributed by atoms with Crippen molar-refractivity contribution in [1.82, 2.24) is 0 Å². The van der Waals surface area contributed by atoms with Gasteiger partial charge in [-0.2, -0.15) is 0 Å². The summed E-state index contributed by atoms with van der Waals surface area (Å²) in [6.45, 7) is 3.31. The van der Waals surface area contributed by atoms with E-state index in [0.29, 0.717) is 6.10 Å². The monoisotopic (exact) mass is 202 g/mol. The molecule has 1 atom stereocenters. The van der Waals surface area contributed by atoms with Crippen LogP contribution in [-0.4, -0.2) is 18.2 Å². The van der Waals surface area contributed by atoms with Crippen LogP contribution in [-0.2, 0) is 4.74 Å². The summed E-state index contributed by atoms with van der Waals surface area (Å²) in [6, 6.07) is 0. The second-order valence-electron chi connectivity index (χ2n) is 4.22. The van der Waals surface area contributed by atoms with E-state index >= 15 is 0 Å². The molecule has 0 bridgehead atoms. The van der Waals surface area contributed by atoms with Crippen LogP contribution in [0.2, 0.25) is 0 Å². The Morgan fingerprint density at radius 2 is 1.43 bits per heavy atom. The van der Waals surface area contributed by atoms with Crippen LogP contribution in [0.15, 0.2) is 0 Å². The quantitative estimate of drug-likeness (QED) is 0.418. The zero-order chi connectivity index (χ0) is 9.36. The molecule has 0 aromatic carbocycles. The molecular formula is C12H26O2. The molecule has 0 saturated carbocycles. The first-order valence-electron chi connectivity index (χ1n) is 6.05. The third-order valence-corrected chi connectivity index (χ3v) is 2.78. The van der Waals surface area contributed by atoms with Gasteiger partial charge in [0.15, 0.2) is 0 Å². The summed E-state index contributed by atoms with van der Waals surface area (Å²) in [5.41, 5.74) is 0. The van der Waals surface area contributed by atoms with Gasteiger partial charge in [-0.05, 0) is 6.42 Å². The Balaban J connectivity index is 0.00000169. The van der Waals surface area contributed by atoms with Gasteiger partial charge in [0.25, 0.3) is 0 Å². The number of rotatable bonds is 9. The molecule has 1 heterocycles. The van der Waals surface area contributed by atoms with E-state index in [1.54, 1.807) is 0 Å². The fourth-order valence-electron chi connectivity index (χ4n) is 1.74. The lowest BCUT2D eigenvalue weighted by Crippen LogP contribution is -1.85. The summed E-state index contributed by atoms with van der Waals surface area (Å²) >= 11 is 0. The molecule has 0 aromatic rings. The molecule has 0 spiro atoms. The Labute approximate surface area is 88.3 Å². The highest BCUT2D eigenvalue weighted by Gasteiger charge is 2.20. The lowest BCUT2D eigenvalue weighted by atomic mass is 10.1. The van der Waals surface area contributed by atoms with Crippen molar-refractivity contribution in [3.05, 3.63) is 0 Å². The van der Waals surface area contributed by atoms with Gasteiger partial charge in [0.1, 0.15) is 0 Å². The summed E-state index contributed by atoms with van der Waals surface area (Å²) in [5, 5.41) is 0. The molecule has 1 rings (SSSR count). The Hall–Kier alpha value is -0.0800. The van der Waals surface area contributed by atoms with Gasteiger partial charge in [0.2, 0.25) is 0 Å². The van der Waals surface area contributed by atoms with Crippen LogP contribution in [0.1, 0.15) is 64.7 Å². The predicted octanol–water partition coefficient (Wildman–Crippen LogP) is 3.09. The third-order valence-electron chi connectivity index (χ3n) is 2.78. The summed E-state index contributed by atoms with van der Waals surface area (Å²) in [7, 11) is 0. The van der Waals surface area contributed by atoms with Crippen molar-refractivity contribution in [3.8, 4) is 0 Å². The van der Waals surface area contributed by atoms with Crippen molar-refractivity contribution in [2.75, 3.05) is 6.61 Å². The largest absolute Gasteiger partial charge is 0.412 e. The molecule has 1 aliphatic heterocycles. The molecule has 1 unspecified atom stereocenters. The van der Waals surface area contributed by atoms with Crippen LogP contribution in [0.5, 0.6) is 0 Å². The van der Waals surface area contributed by atoms with Crippen molar-refractivity contribution in [1.29, 1.82) is 0 Å². The van der Waals surface area contributed by atoms with Crippen LogP contribution < -0.4 is 0 Å². The first-order chi connectivity index (χ1) is 6.43. The molecule has 0 radical (unpaired) electrons. The Kier molecular flexibility index (Phi) is 9.42. The van der Waals surface area contributed by atoms with E-state index in [0.717, 1.165) is 6.61 Å². The maximum atomic E-state index is 5.17. The van der Waals surface area contributed by atoms with Crippen LogP contribution in [0.4, 0.5) is 0 Å². The summed E-state index contributed by atoms with van der Waals surface area (Å²) < 4.78 is 5.17. The minimum Gasteiger partial charge on any atom is -0.412 e. The first kappa shape index (κ1) is 13.9. The number of hydrogen-bond donors (Lipinski definition) is 0. The summed E-state index contributed by atoms with van der Waals surface area (Å²) in [4.78, 5) is 0. The summed E-state index contributed by atoms with van der Waals surface area (Å²) in [5.74, 6) is 0. The molecule has 1 aliphatic rings. The van der Waals surface area contributed by atoms with Crippen LogP contribution in [0.25, 0.3) is 0 Å². The zero-order valence-corrected chi connectivity index (χ0v) is 9.56. The molecule has 2 nitrogen and oxygen atoms in total. The first-order valence-corrected chi connectivity index (χ1v) is 6.05.